The van der Waals surface area contributed by atoms with Gasteiger partial charge in [0.15, 0.2) is 22.0 Å². The smallest absolute Gasteiger partial charge is 0.371 e. The second-order valence-corrected chi connectivity index (χ2v) is 17.9. The van der Waals surface area contributed by atoms with E-state index < -0.39 is 33.3 Å². The maximum Gasteiger partial charge on any atom is 0.371 e. The van der Waals surface area contributed by atoms with E-state index in [9.17, 15) is 18.1 Å². The lowest BCUT2D eigenvalue weighted by Gasteiger charge is -2.32. The predicted octanol–water partition coefficient (Wildman–Crippen LogP) is 4.07. The Morgan fingerprint density at radius 3 is 2.48 bits per heavy atom. The fraction of sp³-hybridized carbons (Fsp3) is 0.690. The van der Waals surface area contributed by atoms with Gasteiger partial charge in [0, 0.05) is 44.1 Å². The average Bonchev–Trinajstić information content (AvgIpc) is 3.59. The molecule has 2 aromatic rings. The van der Waals surface area contributed by atoms with E-state index in [1.54, 1.807) is 37.5 Å². The van der Waals surface area contributed by atoms with Crippen molar-refractivity contribution in [2.45, 2.75) is 82.8 Å². The van der Waals surface area contributed by atoms with Crippen LogP contribution in [0, 0.1) is 5.41 Å². The van der Waals surface area contributed by atoms with Gasteiger partial charge < -0.3 is 24.6 Å². The Morgan fingerprint density at radius 1 is 1.16 bits per heavy atom. The minimum Gasteiger partial charge on any atom is -0.504 e. The molecule has 44 heavy (non-hydrogen) atoms. The Bertz CT molecular complexity index is 1390. The normalized spacial score (nSPS) is 22.9. The zero-order chi connectivity index (χ0) is 32.4. The van der Waals surface area contributed by atoms with Crippen LogP contribution in [0.1, 0.15) is 71.7 Å². The molecule has 5 N–H and O–H groups in total. The van der Waals surface area contributed by atoms with Crippen molar-refractivity contribution in [3.05, 3.63) is 29.0 Å². The van der Waals surface area contributed by atoms with Crippen molar-refractivity contribution in [3.63, 3.8) is 0 Å². The van der Waals surface area contributed by atoms with Crippen molar-refractivity contribution >= 4 is 44.4 Å². The molecule has 0 aromatic carbocycles. The Morgan fingerprint density at radius 2 is 1.84 bits per heavy atom. The third-order valence-corrected chi connectivity index (χ3v) is 12.0. The van der Waals surface area contributed by atoms with E-state index in [-0.39, 0.29) is 27.1 Å². The summed E-state index contributed by atoms with van der Waals surface area (Å²) in [6.45, 7) is 17.1. The largest absolute Gasteiger partial charge is 0.504 e. The second kappa shape index (κ2) is 13.9. The molecule has 2 saturated heterocycles. The van der Waals surface area contributed by atoms with Crippen molar-refractivity contribution in [1.82, 2.24) is 23.5 Å². The molecule has 0 radical (unpaired) electrons. The lowest BCUT2D eigenvalue weighted by atomic mass is 9.85. The van der Waals surface area contributed by atoms with Gasteiger partial charge in [0.05, 0.1) is 12.0 Å². The van der Waals surface area contributed by atoms with Gasteiger partial charge >= 0.3 is 11.5 Å². The summed E-state index contributed by atoms with van der Waals surface area (Å²) < 4.78 is 49.6. The molecule has 2 aliphatic heterocycles. The lowest BCUT2D eigenvalue weighted by Crippen LogP contribution is -2.44. The molecule has 15 heteroatoms. The number of furan rings is 1. The van der Waals surface area contributed by atoms with Crippen LogP contribution in [0.3, 0.4) is 0 Å². The van der Waals surface area contributed by atoms with E-state index in [1.165, 1.54) is 0 Å². The van der Waals surface area contributed by atoms with Crippen LogP contribution in [0.5, 0.6) is 5.75 Å². The highest BCUT2D eigenvalue weighted by atomic mass is 32.2. The number of likely N-dealkylation sites (N-methyl/N-ethyl adjacent to an activating group) is 2. The molecule has 0 amide bonds. The molecule has 2 aromatic heterocycles. The van der Waals surface area contributed by atoms with E-state index in [0.717, 1.165) is 74.6 Å². The number of aryl methyl sites for hydroxylation is 1. The predicted molar refractivity (Wildman–Crippen MR) is 180 cm³/mol. The molecule has 2 unspecified atom stereocenters. The second-order valence-electron chi connectivity index (χ2n) is 13.8. The summed E-state index contributed by atoms with van der Waals surface area (Å²) >= 11 is -0.419. The fourth-order valence-electron chi connectivity index (χ4n) is 5.20. The molecule has 0 bridgehead atoms. The first-order valence-electron chi connectivity index (χ1n) is 15.0. The number of unbranched alkanes of at least 4 members (excludes halogenated alkanes) is 1. The first-order valence-corrected chi connectivity index (χ1v) is 18.5. The zero-order valence-corrected chi connectivity index (χ0v) is 29.6. The van der Waals surface area contributed by atoms with E-state index in [0.29, 0.717) is 5.84 Å². The summed E-state index contributed by atoms with van der Waals surface area (Å²) in [4.78, 5) is 9.95. The average molecular weight is 673 g/mol. The number of nitrogens with one attached hydrogen (secondary N) is 3. The van der Waals surface area contributed by atoms with Gasteiger partial charge in [0.25, 0.3) is 10.0 Å². The molecular formula is C29H50N7O5S3+. The molecule has 4 heterocycles. The van der Waals surface area contributed by atoms with E-state index in [4.69, 9.17) is 9.41 Å². The number of amidine groups is 1. The van der Waals surface area contributed by atoms with Crippen LogP contribution in [-0.4, -0.2) is 96.5 Å². The van der Waals surface area contributed by atoms with E-state index in [2.05, 4.69) is 58.4 Å². The number of sulfonamides is 1. The molecule has 0 aliphatic carbocycles. The summed E-state index contributed by atoms with van der Waals surface area (Å²) in [5.41, 5.74) is 0.359. The van der Waals surface area contributed by atoms with Gasteiger partial charge in [-0.3, -0.25) is 4.99 Å². The molecular weight excluding hydrogens is 623 g/mol. The summed E-state index contributed by atoms with van der Waals surface area (Å²) in [6, 6.07) is 1.72. The highest BCUT2D eigenvalue weighted by Crippen LogP contribution is 2.40. The number of thiophene rings is 1. The van der Waals surface area contributed by atoms with Crippen molar-refractivity contribution in [2.75, 3.05) is 52.1 Å². The summed E-state index contributed by atoms with van der Waals surface area (Å²) in [5.74, 6) is 0.832. The van der Waals surface area contributed by atoms with Gasteiger partial charge in [-0.25, -0.2) is 13.1 Å². The van der Waals surface area contributed by atoms with Crippen LogP contribution in [0.15, 0.2) is 31.3 Å². The monoisotopic (exact) mass is 672 g/mol. The first kappa shape index (κ1) is 35.0. The third kappa shape index (κ3) is 8.90. The van der Waals surface area contributed by atoms with Crippen LogP contribution in [0.2, 0.25) is 0 Å². The van der Waals surface area contributed by atoms with Gasteiger partial charge in [-0.05, 0) is 75.0 Å². The SMILES string of the molecule is CN1CCN(CCCCc2coc([C@H](N=C3N[S+](O)N(C)C3Nc3csc(S(=O)(=O)NC(C)(C)C)c3O)C(C)(C)C)c2)CC1. The van der Waals surface area contributed by atoms with Crippen LogP contribution in [-0.2, 0) is 28.0 Å². The summed E-state index contributed by atoms with van der Waals surface area (Å²) in [6.07, 6.45) is 4.33. The maximum absolute atomic E-state index is 12.9. The number of aromatic hydroxyl groups is 1. The van der Waals surface area contributed by atoms with E-state index >= 15 is 0 Å². The van der Waals surface area contributed by atoms with Crippen molar-refractivity contribution in [1.29, 1.82) is 0 Å². The quantitative estimate of drug-likeness (QED) is 0.175. The van der Waals surface area contributed by atoms with Crippen LogP contribution in [0.4, 0.5) is 5.69 Å². The number of rotatable bonds is 11. The van der Waals surface area contributed by atoms with Crippen LogP contribution >= 0.6 is 11.3 Å². The summed E-state index contributed by atoms with van der Waals surface area (Å²) in [7, 11) is -0.0372. The minimum atomic E-state index is -3.93. The maximum atomic E-state index is 12.9. The molecule has 2 aliphatic rings. The van der Waals surface area contributed by atoms with Crippen molar-refractivity contribution < 1.29 is 22.5 Å². The van der Waals surface area contributed by atoms with Crippen molar-refractivity contribution in [3.8, 4) is 5.75 Å². The topological polar surface area (TPSA) is 146 Å². The molecule has 0 spiro atoms. The van der Waals surface area contributed by atoms with Gasteiger partial charge in [-0.15, -0.1) is 20.6 Å². The van der Waals surface area contributed by atoms with Gasteiger partial charge in [0.1, 0.15) is 11.8 Å². The molecule has 0 saturated carbocycles. The standard InChI is InChI=1S/C29H49N7O5S3/c1-28(2,3)24(22-17-20(18-41-22)11-9-10-12-36-15-13-34(7)14-16-36)31-25-26(35(8)43(38)32-25)30-21-19-42-27(23(21)37)44(39,40)33-29(4,5)6/h17-19,24,26,30,33,37H,9-16H2,1-8H3,(H,31,32,38)/p+1/t24-,26?,43?/m0/s1. The number of hydrogen-bond acceptors (Lipinski definition) is 11. The molecule has 3 atom stereocenters. The molecule has 12 nitrogen and oxygen atoms in total. The Balaban J connectivity index is 1.48. The molecule has 248 valence electrons. The number of anilines is 1. The fourth-order valence-corrected chi connectivity index (χ4v) is 8.71. The van der Waals surface area contributed by atoms with Crippen LogP contribution < -0.4 is 14.8 Å². The zero-order valence-electron chi connectivity index (χ0n) is 27.2. The highest BCUT2D eigenvalue weighted by molar-refractivity contribution is 7.91. The lowest BCUT2D eigenvalue weighted by molar-refractivity contribution is 0.152. The third-order valence-electron chi connectivity index (χ3n) is 7.62. The van der Waals surface area contributed by atoms with Gasteiger partial charge in [-0.2, -0.15) is 0 Å². The Labute approximate surface area is 269 Å². The number of piperazine rings is 1. The van der Waals surface area contributed by atoms with E-state index in [1.807, 2.05) is 6.26 Å². The van der Waals surface area contributed by atoms with Crippen LogP contribution in [0.25, 0.3) is 0 Å². The number of aliphatic imine (C=N–C) groups is 1. The van der Waals surface area contributed by atoms with Gasteiger partial charge in [-0.1, -0.05) is 20.8 Å². The summed E-state index contributed by atoms with van der Waals surface area (Å²) in [5, 5.41) is 15.6. The molecule has 2 fully saturated rings. The molecule has 4 rings (SSSR count). The number of nitrogens with zero attached hydrogens (tertiary/aromatic N) is 4. The first-order chi connectivity index (χ1) is 20.4. The minimum absolute atomic E-state index is 0.177. The van der Waals surface area contributed by atoms with Crippen molar-refractivity contribution in [2.24, 2.45) is 10.4 Å². The Kier molecular flexibility index (Phi) is 11.0. The Hall–Kier alpha value is -1.85. The number of hydrogen-bond donors (Lipinski definition) is 5. The van der Waals surface area contributed by atoms with Gasteiger partial charge in [0.2, 0.25) is 0 Å². The highest BCUT2D eigenvalue weighted by Gasteiger charge is 2.47.